The van der Waals surface area contributed by atoms with E-state index in [0.29, 0.717) is 42.3 Å². The Kier molecular flexibility index (Phi) is 9.88. The standard InChI is InChI=1S/C24H29N3O6/c1-4-27(5-2)24(31)17-10-9-11-18(14-17)26-21(28)16-33-22(29)15-25-23(30)19-12-7-8-13-20(19)32-6-3/h7-14H,4-6,15-16H2,1-3H3,(H,25,30)(H,26,28). The highest BCUT2D eigenvalue weighted by atomic mass is 16.5. The van der Waals surface area contributed by atoms with Crippen LogP contribution in [0.5, 0.6) is 5.75 Å². The molecule has 2 N–H and O–H groups in total. The number of ether oxygens (including phenoxy) is 2. The molecule has 2 aromatic carbocycles. The molecular weight excluding hydrogens is 426 g/mol. The second-order valence-corrected chi connectivity index (χ2v) is 6.88. The zero-order valence-corrected chi connectivity index (χ0v) is 19.1. The number of carbonyl (C=O) groups is 4. The summed E-state index contributed by atoms with van der Waals surface area (Å²) >= 11 is 0. The Morgan fingerprint density at radius 3 is 2.36 bits per heavy atom. The topological polar surface area (TPSA) is 114 Å². The van der Waals surface area contributed by atoms with Gasteiger partial charge in [-0.3, -0.25) is 19.2 Å². The summed E-state index contributed by atoms with van der Waals surface area (Å²) in [6, 6.07) is 13.2. The van der Waals surface area contributed by atoms with E-state index in [9.17, 15) is 19.2 Å². The van der Waals surface area contributed by atoms with Gasteiger partial charge in [-0.15, -0.1) is 0 Å². The number of hydrogen-bond donors (Lipinski definition) is 2. The number of anilines is 1. The molecule has 0 saturated carbocycles. The lowest BCUT2D eigenvalue weighted by Gasteiger charge is -2.19. The summed E-state index contributed by atoms with van der Waals surface area (Å²) in [5.41, 5.74) is 1.16. The Morgan fingerprint density at radius 2 is 1.67 bits per heavy atom. The second kappa shape index (κ2) is 12.8. The van der Waals surface area contributed by atoms with Crippen LogP contribution in [0.15, 0.2) is 48.5 Å². The molecule has 0 radical (unpaired) electrons. The minimum absolute atomic E-state index is 0.135. The molecule has 0 spiro atoms. The predicted octanol–water partition coefficient (Wildman–Crippen LogP) is 2.48. The summed E-state index contributed by atoms with van der Waals surface area (Å²) in [4.78, 5) is 50.5. The molecule has 9 nitrogen and oxygen atoms in total. The van der Waals surface area contributed by atoms with E-state index in [1.54, 1.807) is 60.4 Å². The van der Waals surface area contributed by atoms with Gasteiger partial charge in [0.05, 0.1) is 12.2 Å². The molecule has 2 aromatic rings. The van der Waals surface area contributed by atoms with E-state index in [1.165, 1.54) is 0 Å². The lowest BCUT2D eigenvalue weighted by molar-refractivity contribution is -0.146. The van der Waals surface area contributed by atoms with Crippen LogP contribution >= 0.6 is 0 Å². The molecule has 0 atom stereocenters. The van der Waals surface area contributed by atoms with Gasteiger partial charge in [-0.1, -0.05) is 18.2 Å². The average molecular weight is 456 g/mol. The molecule has 0 unspecified atom stereocenters. The maximum atomic E-state index is 12.4. The number of para-hydroxylation sites is 1. The van der Waals surface area contributed by atoms with Gasteiger partial charge in [0.1, 0.15) is 12.3 Å². The van der Waals surface area contributed by atoms with Crippen LogP contribution in [0.25, 0.3) is 0 Å². The van der Waals surface area contributed by atoms with Gasteiger partial charge >= 0.3 is 5.97 Å². The summed E-state index contributed by atoms with van der Waals surface area (Å²) in [7, 11) is 0. The van der Waals surface area contributed by atoms with E-state index in [1.807, 2.05) is 13.8 Å². The number of hydrogen-bond acceptors (Lipinski definition) is 6. The van der Waals surface area contributed by atoms with Gasteiger partial charge in [0.25, 0.3) is 17.7 Å². The number of carbonyl (C=O) groups excluding carboxylic acids is 4. The third-order valence-corrected chi connectivity index (χ3v) is 4.63. The molecule has 3 amide bonds. The number of nitrogens with one attached hydrogen (secondary N) is 2. The Labute approximate surface area is 193 Å². The molecule has 0 heterocycles. The van der Waals surface area contributed by atoms with E-state index in [0.717, 1.165) is 0 Å². The predicted molar refractivity (Wildman–Crippen MR) is 123 cm³/mol. The van der Waals surface area contributed by atoms with Gasteiger partial charge in [-0.25, -0.2) is 0 Å². The van der Waals surface area contributed by atoms with Crippen LogP contribution in [0.2, 0.25) is 0 Å². The van der Waals surface area contributed by atoms with Crippen molar-refractivity contribution < 1.29 is 28.7 Å². The Bertz CT molecular complexity index is 988. The molecule has 0 saturated heterocycles. The first kappa shape index (κ1) is 25.4. The van der Waals surface area contributed by atoms with E-state index < -0.39 is 30.9 Å². The third-order valence-electron chi connectivity index (χ3n) is 4.63. The summed E-state index contributed by atoms with van der Waals surface area (Å²) in [6.45, 7) is 6.21. The van der Waals surface area contributed by atoms with E-state index in [2.05, 4.69) is 10.6 Å². The van der Waals surface area contributed by atoms with Crippen molar-refractivity contribution in [2.24, 2.45) is 0 Å². The van der Waals surface area contributed by atoms with Crippen molar-refractivity contribution in [1.82, 2.24) is 10.2 Å². The number of rotatable bonds is 11. The molecule has 9 heteroatoms. The van der Waals surface area contributed by atoms with Crippen LogP contribution in [0.4, 0.5) is 5.69 Å². The molecule has 0 bridgehead atoms. The van der Waals surface area contributed by atoms with Gasteiger partial charge < -0.3 is 25.0 Å². The van der Waals surface area contributed by atoms with Crippen LogP contribution in [0.3, 0.4) is 0 Å². The average Bonchev–Trinajstić information content (AvgIpc) is 2.82. The van der Waals surface area contributed by atoms with Gasteiger partial charge in [-0.2, -0.15) is 0 Å². The van der Waals surface area contributed by atoms with Crippen LogP contribution in [-0.2, 0) is 14.3 Å². The van der Waals surface area contributed by atoms with Gasteiger partial charge in [0.15, 0.2) is 6.61 Å². The van der Waals surface area contributed by atoms with Crippen molar-refractivity contribution >= 4 is 29.4 Å². The molecular formula is C24H29N3O6. The van der Waals surface area contributed by atoms with Crippen molar-refractivity contribution in [2.75, 3.05) is 38.2 Å². The molecule has 33 heavy (non-hydrogen) atoms. The van der Waals surface area contributed by atoms with Crippen molar-refractivity contribution in [3.8, 4) is 5.75 Å². The number of benzene rings is 2. The van der Waals surface area contributed by atoms with Crippen LogP contribution in [0.1, 0.15) is 41.5 Å². The largest absolute Gasteiger partial charge is 0.493 e. The Hall–Kier alpha value is -3.88. The smallest absolute Gasteiger partial charge is 0.325 e. The lowest BCUT2D eigenvalue weighted by atomic mass is 10.1. The SMILES string of the molecule is CCOc1ccccc1C(=O)NCC(=O)OCC(=O)Nc1cccc(C(=O)N(CC)CC)c1. The highest BCUT2D eigenvalue weighted by molar-refractivity contribution is 5.99. The summed E-state index contributed by atoms with van der Waals surface area (Å²) in [6.07, 6.45) is 0. The molecule has 0 fully saturated rings. The maximum Gasteiger partial charge on any atom is 0.325 e. The van der Waals surface area contributed by atoms with E-state index in [-0.39, 0.29) is 5.91 Å². The first-order valence-electron chi connectivity index (χ1n) is 10.7. The number of amides is 3. The normalized spacial score (nSPS) is 10.2. The van der Waals surface area contributed by atoms with Crippen molar-refractivity contribution in [2.45, 2.75) is 20.8 Å². The van der Waals surface area contributed by atoms with Crippen LogP contribution in [0, 0.1) is 0 Å². The molecule has 0 aliphatic rings. The van der Waals surface area contributed by atoms with Crippen molar-refractivity contribution in [3.05, 3.63) is 59.7 Å². The fourth-order valence-corrected chi connectivity index (χ4v) is 3.00. The maximum absolute atomic E-state index is 12.4. The minimum Gasteiger partial charge on any atom is -0.493 e. The number of esters is 1. The van der Waals surface area contributed by atoms with Crippen LogP contribution in [-0.4, -0.2) is 61.4 Å². The summed E-state index contributed by atoms with van der Waals surface area (Å²) in [5.74, 6) is -1.55. The molecule has 0 aromatic heterocycles. The summed E-state index contributed by atoms with van der Waals surface area (Å²) < 4.78 is 10.3. The summed E-state index contributed by atoms with van der Waals surface area (Å²) in [5, 5.41) is 5.03. The molecule has 2 rings (SSSR count). The zero-order chi connectivity index (χ0) is 24.2. The third kappa shape index (κ3) is 7.64. The first-order valence-corrected chi connectivity index (χ1v) is 10.7. The van der Waals surface area contributed by atoms with Gasteiger partial charge in [-0.05, 0) is 51.1 Å². The highest BCUT2D eigenvalue weighted by Gasteiger charge is 2.16. The van der Waals surface area contributed by atoms with Crippen molar-refractivity contribution in [1.29, 1.82) is 0 Å². The van der Waals surface area contributed by atoms with Gasteiger partial charge in [0, 0.05) is 24.3 Å². The Morgan fingerprint density at radius 1 is 0.939 bits per heavy atom. The fraction of sp³-hybridized carbons (Fsp3) is 0.333. The van der Waals surface area contributed by atoms with Crippen molar-refractivity contribution in [3.63, 3.8) is 0 Å². The van der Waals surface area contributed by atoms with E-state index >= 15 is 0 Å². The molecule has 0 aliphatic heterocycles. The lowest BCUT2D eigenvalue weighted by Crippen LogP contribution is -2.32. The first-order chi connectivity index (χ1) is 15.9. The zero-order valence-electron chi connectivity index (χ0n) is 19.1. The second-order valence-electron chi connectivity index (χ2n) is 6.88. The number of nitrogens with zero attached hydrogens (tertiary/aromatic N) is 1. The van der Waals surface area contributed by atoms with E-state index in [4.69, 9.17) is 9.47 Å². The van der Waals surface area contributed by atoms with Crippen LogP contribution < -0.4 is 15.4 Å². The van der Waals surface area contributed by atoms with Gasteiger partial charge in [0.2, 0.25) is 0 Å². The molecule has 176 valence electrons. The fourth-order valence-electron chi connectivity index (χ4n) is 3.00. The quantitative estimate of drug-likeness (QED) is 0.503. The Balaban J connectivity index is 1.83. The minimum atomic E-state index is -0.766. The monoisotopic (exact) mass is 455 g/mol. The molecule has 0 aliphatic carbocycles. The highest BCUT2D eigenvalue weighted by Crippen LogP contribution is 2.17.